The molecule has 0 saturated heterocycles. The highest BCUT2D eigenvalue weighted by Crippen LogP contribution is 2.36. The average molecular weight is 330 g/mol. The number of nitriles is 1. The first-order valence-electron chi connectivity index (χ1n) is 8.67. The van der Waals surface area contributed by atoms with Gasteiger partial charge in [0, 0.05) is 6.61 Å². The summed E-state index contributed by atoms with van der Waals surface area (Å²) in [7, 11) is 0. The molecule has 0 radical (unpaired) electrons. The molecule has 2 unspecified atom stereocenters. The van der Waals surface area contributed by atoms with Crippen molar-refractivity contribution in [3.8, 4) is 11.8 Å². The van der Waals surface area contributed by atoms with Crippen LogP contribution in [0.1, 0.15) is 52.0 Å². The number of hydrogen-bond donors (Lipinski definition) is 1. The van der Waals surface area contributed by atoms with Crippen molar-refractivity contribution in [3.05, 3.63) is 23.8 Å². The molecule has 0 bridgehead atoms. The van der Waals surface area contributed by atoms with E-state index >= 15 is 0 Å². The first-order chi connectivity index (χ1) is 11.5. The first-order valence-corrected chi connectivity index (χ1v) is 8.67. The summed E-state index contributed by atoms with van der Waals surface area (Å²) in [5, 5.41) is 12.3. The summed E-state index contributed by atoms with van der Waals surface area (Å²) in [5.74, 6) is 0.918. The molecule has 1 saturated carbocycles. The Bertz CT molecular complexity index is 620. The molecule has 5 nitrogen and oxygen atoms in total. The number of benzene rings is 1. The van der Waals surface area contributed by atoms with E-state index in [2.05, 4.69) is 18.3 Å². The van der Waals surface area contributed by atoms with Gasteiger partial charge in [-0.3, -0.25) is 4.79 Å². The lowest BCUT2D eigenvalue weighted by molar-refractivity contribution is -0.147. The van der Waals surface area contributed by atoms with Crippen molar-refractivity contribution >= 4 is 11.6 Å². The molecule has 2 atom stereocenters. The van der Waals surface area contributed by atoms with Crippen molar-refractivity contribution in [1.82, 2.24) is 0 Å². The summed E-state index contributed by atoms with van der Waals surface area (Å²) >= 11 is 0. The van der Waals surface area contributed by atoms with Gasteiger partial charge in [0.25, 0.3) is 5.91 Å². The Balaban J connectivity index is 2.22. The number of carbonyl (C=O) groups is 1. The zero-order chi connectivity index (χ0) is 17.6. The van der Waals surface area contributed by atoms with Gasteiger partial charge in [-0.1, -0.05) is 13.3 Å². The van der Waals surface area contributed by atoms with Crippen molar-refractivity contribution in [2.24, 2.45) is 5.92 Å². The summed E-state index contributed by atoms with van der Waals surface area (Å²) in [6, 6.07) is 7.25. The molecule has 1 aliphatic carbocycles. The number of rotatable bonds is 6. The fourth-order valence-electron chi connectivity index (χ4n) is 3.40. The number of hydrogen-bond acceptors (Lipinski definition) is 4. The van der Waals surface area contributed by atoms with Gasteiger partial charge in [0.2, 0.25) is 0 Å². The minimum absolute atomic E-state index is 0.156. The van der Waals surface area contributed by atoms with Gasteiger partial charge >= 0.3 is 0 Å². The second-order valence-corrected chi connectivity index (χ2v) is 6.34. The summed E-state index contributed by atoms with van der Waals surface area (Å²) in [6.45, 7) is 6.97. The first kappa shape index (κ1) is 18.3. The van der Waals surface area contributed by atoms with E-state index in [9.17, 15) is 10.1 Å². The van der Waals surface area contributed by atoms with Crippen LogP contribution in [0.3, 0.4) is 0 Å². The molecule has 2 rings (SSSR count). The molecule has 0 spiro atoms. The van der Waals surface area contributed by atoms with Crippen LogP contribution < -0.4 is 10.1 Å². The molecule has 0 aliphatic heterocycles. The van der Waals surface area contributed by atoms with Crippen LogP contribution >= 0.6 is 0 Å². The van der Waals surface area contributed by atoms with E-state index in [4.69, 9.17) is 9.47 Å². The largest absolute Gasteiger partial charge is 0.494 e. The van der Waals surface area contributed by atoms with E-state index in [1.54, 1.807) is 18.2 Å². The summed E-state index contributed by atoms with van der Waals surface area (Å²) in [5.41, 5.74) is 0.102. The SMILES string of the molecule is CCOc1ccc(NC(=O)C2(OCC)CCCC(C)C2)c(C#N)c1. The molecule has 0 heterocycles. The van der Waals surface area contributed by atoms with Crippen LogP contribution in [0.25, 0.3) is 0 Å². The predicted molar refractivity (Wildman–Crippen MR) is 92.9 cm³/mol. The number of nitrogens with zero attached hydrogens (tertiary/aromatic N) is 1. The van der Waals surface area contributed by atoms with E-state index in [0.29, 0.717) is 42.6 Å². The van der Waals surface area contributed by atoms with Gasteiger partial charge in [0.1, 0.15) is 17.4 Å². The molecule has 1 aliphatic rings. The van der Waals surface area contributed by atoms with E-state index < -0.39 is 5.60 Å². The molecule has 1 N–H and O–H groups in total. The van der Waals surface area contributed by atoms with E-state index in [1.807, 2.05) is 13.8 Å². The molecular weight excluding hydrogens is 304 g/mol. The topological polar surface area (TPSA) is 71.3 Å². The van der Waals surface area contributed by atoms with Crippen molar-refractivity contribution < 1.29 is 14.3 Å². The molecule has 130 valence electrons. The Morgan fingerprint density at radius 3 is 2.83 bits per heavy atom. The van der Waals surface area contributed by atoms with Crippen molar-refractivity contribution in [3.63, 3.8) is 0 Å². The standard InChI is InChI=1S/C19H26N2O3/c1-4-23-16-8-9-17(15(11-16)13-20)21-18(22)19(24-5-2)10-6-7-14(3)12-19/h8-9,11,14H,4-7,10,12H2,1-3H3,(H,21,22). The Labute approximate surface area is 144 Å². The van der Waals surface area contributed by atoms with Crippen molar-refractivity contribution in [1.29, 1.82) is 5.26 Å². The third-order valence-electron chi connectivity index (χ3n) is 4.46. The zero-order valence-corrected chi connectivity index (χ0v) is 14.7. The van der Waals surface area contributed by atoms with Gasteiger partial charge in [-0.05, 0) is 57.2 Å². The van der Waals surface area contributed by atoms with Crippen LogP contribution in [0.5, 0.6) is 5.75 Å². The van der Waals surface area contributed by atoms with Crippen LogP contribution in [0.15, 0.2) is 18.2 Å². The lowest BCUT2D eigenvalue weighted by atomic mass is 9.78. The van der Waals surface area contributed by atoms with Gasteiger partial charge in [-0.25, -0.2) is 0 Å². The quantitative estimate of drug-likeness (QED) is 0.859. The smallest absolute Gasteiger partial charge is 0.256 e. The molecule has 1 aromatic rings. The summed E-state index contributed by atoms with van der Waals surface area (Å²) < 4.78 is 11.3. The highest BCUT2D eigenvalue weighted by molar-refractivity contribution is 5.98. The van der Waals surface area contributed by atoms with E-state index in [1.165, 1.54) is 0 Å². The Hall–Kier alpha value is -2.06. The number of amides is 1. The van der Waals surface area contributed by atoms with E-state index in [-0.39, 0.29) is 5.91 Å². The van der Waals surface area contributed by atoms with Gasteiger partial charge in [-0.2, -0.15) is 5.26 Å². The Morgan fingerprint density at radius 2 is 2.21 bits per heavy atom. The van der Waals surface area contributed by atoms with Crippen LogP contribution in [0, 0.1) is 17.2 Å². The maximum atomic E-state index is 12.9. The lowest BCUT2D eigenvalue weighted by Gasteiger charge is -2.38. The van der Waals surface area contributed by atoms with Gasteiger partial charge in [-0.15, -0.1) is 0 Å². The lowest BCUT2D eigenvalue weighted by Crippen LogP contribution is -2.48. The third-order valence-corrected chi connectivity index (χ3v) is 4.46. The molecule has 1 fully saturated rings. The highest BCUT2D eigenvalue weighted by atomic mass is 16.5. The second-order valence-electron chi connectivity index (χ2n) is 6.34. The monoisotopic (exact) mass is 330 g/mol. The molecule has 5 heteroatoms. The normalized spacial score (nSPS) is 23.3. The summed E-state index contributed by atoms with van der Waals surface area (Å²) in [6.07, 6.45) is 3.53. The average Bonchev–Trinajstić information content (AvgIpc) is 2.56. The molecule has 1 aromatic carbocycles. The maximum absolute atomic E-state index is 12.9. The minimum atomic E-state index is -0.794. The number of nitrogens with one attached hydrogen (secondary N) is 1. The van der Waals surface area contributed by atoms with Crippen LogP contribution in [0.2, 0.25) is 0 Å². The van der Waals surface area contributed by atoms with Crippen LogP contribution in [-0.2, 0) is 9.53 Å². The number of carbonyl (C=O) groups excluding carboxylic acids is 1. The second kappa shape index (κ2) is 8.16. The Kier molecular flexibility index (Phi) is 6.22. The van der Waals surface area contributed by atoms with Crippen LogP contribution in [0.4, 0.5) is 5.69 Å². The van der Waals surface area contributed by atoms with Gasteiger partial charge in [0.15, 0.2) is 0 Å². The highest BCUT2D eigenvalue weighted by Gasteiger charge is 2.42. The van der Waals surface area contributed by atoms with E-state index in [0.717, 1.165) is 19.3 Å². The minimum Gasteiger partial charge on any atom is -0.494 e. The van der Waals surface area contributed by atoms with Crippen molar-refractivity contribution in [2.75, 3.05) is 18.5 Å². The predicted octanol–water partition coefficient (Wildman–Crippen LogP) is 3.88. The van der Waals surface area contributed by atoms with Crippen molar-refractivity contribution in [2.45, 2.75) is 52.1 Å². The number of ether oxygens (including phenoxy) is 2. The fraction of sp³-hybridized carbons (Fsp3) is 0.579. The fourth-order valence-corrected chi connectivity index (χ4v) is 3.40. The summed E-state index contributed by atoms with van der Waals surface area (Å²) in [4.78, 5) is 12.9. The third kappa shape index (κ3) is 4.07. The van der Waals surface area contributed by atoms with Gasteiger partial charge < -0.3 is 14.8 Å². The molecular formula is C19H26N2O3. The van der Waals surface area contributed by atoms with Crippen LogP contribution in [-0.4, -0.2) is 24.7 Å². The molecule has 1 amide bonds. The number of anilines is 1. The zero-order valence-electron chi connectivity index (χ0n) is 14.7. The maximum Gasteiger partial charge on any atom is 0.256 e. The molecule has 0 aromatic heterocycles. The van der Waals surface area contributed by atoms with Gasteiger partial charge in [0.05, 0.1) is 17.9 Å². The Morgan fingerprint density at radius 1 is 1.42 bits per heavy atom. The molecule has 24 heavy (non-hydrogen) atoms.